The number of imidazole rings is 1. The number of hydrogen-bond acceptors (Lipinski definition) is 3. The molecule has 0 fully saturated rings. The van der Waals surface area contributed by atoms with Crippen LogP contribution < -0.4 is 11.0 Å². The second-order valence-electron chi connectivity index (χ2n) is 6.03. The molecule has 0 atom stereocenters. The van der Waals surface area contributed by atoms with E-state index in [1.54, 1.807) is 33.1 Å². The van der Waals surface area contributed by atoms with Gasteiger partial charge in [0.15, 0.2) is 0 Å². The first kappa shape index (κ1) is 16.0. The molecule has 3 aromatic rings. The number of para-hydroxylation sites is 2. The summed E-state index contributed by atoms with van der Waals surface area (Å²) in [6.07, 6.45) is 1.88. The minimum atomic E-state index is -0.141. The summed E-state index contributed by atoms with van der Waals surface area (Å²) in [5, 5.41) is 7.04. The maximum Gasteiger partial charge on any atom is 0.328 e. The Bertz CT molecular complexity index is 932. The van der Waals surface area contributed by atoms with Crippen LogP contribution in [0, 0.1) is 0 Å². The van der Waals surface area contributed by atoms with Crippen LogP contribution in [0.5, 0.6) is 0 Å². The first-order valence-electron chi connectivity index (χ1n) is 7.96. The summed E-state index contributed by atoms with van der Waals surface area (Å²) in [7, 11) is 1.74. The maximum absolute atomic E-state index is 12.3. The predicted octanol–water partition coefficient (Wildman–Crippen LogP) is 2.15. The SMILES string of the molecule is CC(C)n1nccc1NC(=O)CCn1c(=O)n(C)c2ccccc21. The third-order valence-electron chi connectivity index (χ3n) is 4.04. The molecule has 7 heteroatoms. The van der Waals surface area contributed by atoms with Crippen LogP contribution >= 0.6 is 0 Å². The molecule has 0 bridgehead atoms. The number of anilines is 1. The number of rotatable bonds is 5. The molecular weight excluding hydrogens is 306 g/mol. The Balaban J connectivity index is 1.74. The van der Waals surface area contributed by atoms with Crippen LogP contribution in [0.4, 0.5) is 5.82 Å². The van der Waals surface area contributed by atoms with Crippen LogP contribution in [0.3, 0.4) is 0 Å². The van der Waals surface area contributed by atoms with Crippen molar-refractivity contribution < 1.29 is 4.79 Å². The lowest BCUT2D eigenvalue weighted by Gasteiger charge is -2.11. The highest BCUT2D eigenvalue weighted by Gasteiger charge is 2.13. The Hall–Kier alpha value is -2.83. The third kappa shape index (κ3) is 2.84. The average molecular weight is 327 g/mol. The highest BCUT2D eigenvalue weighted by atomic mass is 16.2. The lowest BCUT2D eigenvalue weighted by atomic mass is 10.3. The van der Waals surface area contributed by atoms with E-state index in [0.29, 0.717) is 12.4 Å². The fourth-order valence-corrected chi connectivity index (χ4v) is 2.82. The molecule has 7 nitrogen and oxygen atoms in total. The van der Waals surface area contributed by atoms with Gasteiger partial charge in [0.2, 0.25) is 5.91 Å². The Labute approximate surface area is 139 Å². The normalized spacial score (nSPS) is 11.3. The summed E-state index contributed by atoms with van der Waals surface area (Å²) in [5.41, 5.74) is 1.59. The van der Waals surface area contributed by atoms with Crippen molar-refractivity contribution in [1.82, 2.24) is 18.9 Å². The van der Waals surface area contributed by atoms with Crippen LogP contribution in [0.2, 0.25) is 0 Å². The summed E-state index contributed by atoms with van der Waals surface area (Å²) in [5.74, 6) is 0.525. The fourth-order valence-electron chi connectivity index (χ4n) is 2.82. The number of hydrogen-bond donors (Lipinski definition) is 1. The minimum absolute atomic E-state index is 0.115. The van der Waals surface area contributed by atoms with E-state index in [2.05, 4.69) is 10.4 Å². The summed E-state index contributed by atoms with van der Waals surface area (Å²) in [4.78, 5) is 24.6. The Morgan fingerprint density at radius 2 is 1.92 bits per heavy atom. The number of nitrogens with zero attached hydrogens (tertiary/aromatic N) is 4. The largest absolute Gasteiger partial charge is 0.328 e. The quantitative estimate of drug-likeness (QED) is 0.780. The first-order chi connectivity index (χ1) is 11.5. The predicted molar refractivity (Wildman–Crippen MR) is 93.0 cm³/mol. The molecule has 0 saturated heterocycles. The van der Waals surface area contributed by atoms with Crippen LogP contribution in [-0.4, -0.2) is 24.8 Å². The number of carbonyl (C=O) groups excluding carboxylic acids is 1. The van der Waals surface area contributed by atoms with E-state index in [9.17, 15) is 9.59 Å². The molecule has 2 aromatic heterocycles. The highest BCUT2D eigenvalue weighted by Crippen LogP contribution is 2.14. The second-order valence-corrected chi connectivity index (χ2v) is 6.03. The van der Waals surface area contributed by atoms with Crippen molar-refractivity contribution in [3.05, 3.63) is 47.0 Å². The molecule has 3 rings (SSSR count). The number of carbonyl (C=O) groups is 1. The van der Waals surface area contributed by atoms with Gasteiger partial charge in [-0.05, 0) is 26.0 Å². The van der Waals surface area contributed by atoms with Crippen molar-refractivity contribution in [2.75, 3.05) is 5.32 Å². The Morgan fingerprint density at radius 3 is 2.62 bits per heavy atom. The second kappa shape index (κ2) is 6.35. The molecule has 126 valence electrons. The number of aromatic nitrogens is 4. The van der Waals surface area contributed by atoms with E-state index in [1.807, 2.05) is 38.1 Å². The Kier molecular flexibility index (Phi) is 4.24. The number of benzene rings is 1. The van der Waals surface area contributed by atoms with Gasteiger partial charge >= 0.3 is 5.69 Å². The van der Waals surface area contributed by atoms with Gasteiger partial charge in [-0.25, -0.2) is 9.48 Å². The summed E-state index contributed by atoms with van der Waals surface area (Å²) >= 11 is 0. The van der Waals surface area contributed by atoms with E-state index in [4.69, 9.17) is 0 Å². The van der Waals surface area contributed by atoms with Gasteiger partial charge < -0.3 is 5.32 Å². The summed E-state index contributed by atoms with van der Waals surface area (Å²) in [6.45, 7) is 4.33. The zero-order chi connectivity index (χ0) is 17.3. The molecule has 0 spiro atoms. The van der Waals surface area contributed by atoms with Gasteiger partial charge in [-0.2, -0.15) is 5.10 Å². The van der Waals surface area contributed by atoms with Gasteiger partial charge in [0.25, 0.3) is 0 Å². The van der Waals surface area contributed by atoms with E-state index in [-0.39, 0.29) is 24.1 Å². The topological polar surface area (TPSA) is 73.8 Å². The molecule has 0 aliphatic rings. The van der Waals surface area contributed by atoms with Gasteiger partial charge in [0.1, 0.15) is 5.82 Å². The van der Waals surface area contributed by atoms with Crippen LogP contribution in [0.15, 0.2) is 41.3 Å². The molecule has 0 aliphatic heterocycles. The number of amides is 1. The van der Waals surface area contributed by atoms with Crippen molar-refractivity contribution in [3.63, 3.8) is 0 Å². The molecule has 2 heterocycles. The molecular formula is C17H21N5O2. The Morgan fingerprint density at radius 1 is 1.21 bits per heavy atom. The average Bonchev–Trinajstić information content (AvgIpc) is 3.11. The van der Waals surface area contributed by atoms with E-state index in [1.165, 1.54) is 0 Å². The number of nitrogens with one attached hydrogen (secondary N) is 1. The first-order valence-corrected chi connectivity index (χ1v) is 7.96. The fraction of sp³-hybridized carbons (Fsp3) is 0.353. The molecule has 0 saturated carbocycles. The molecule has 1 amide bonds. The van der Waals surface area contributed by atoms with Gasteiger partial charge in [-0.3, -0.25) is 13.9 Å². The van der Waals surface area contributed by atoms with Gasteiger partial charge in [-0.15, -0.1) is 0 Å². The zero-order valence-corrected chi connectivity index (χ0v) is 14.1. The van der Waals surface area contributed by atoms with Crippen LogP contribution in [0.25, 0.3) is 11.0 Å². The van der Waals surface area contributed by atoms with Crippen molar-refractivity contribution >= 4 is 22.8 Å². The molecule has 1 aromatic carbocycles. The van der Waals surface area contributed by atoms with Crippen LogP contribution in [-0.2, 0) is 18.4 Å². The highest BCUT2D eigenvalue weighted by molar-refractivity contribution is 5.89. The van der Waals surface area contributed by atoms with Crippen molar-refractivity contribution in [3.8, 4) is 0 Å². The van der Waals surface area contributed by atoms with Gasteiger partial charge in [0.05, 0.1) is 17.2 Å². The maximum atomic E-state index is 12.3. The molecule has 24 heavy (non-hydrogen) atoms. The smallest absolute Gasteiger partial charge is 0.311 e. The lowest BCUT2D eigenvalue weighted by molar-refractivity contribution is -0.116. The summed E-state index contributed by atoms with van der Waals surface area (Å²) < 4.78 is 4.98. The van der Waals surface area contributed by atoms with E-state index < -0.39 is 0 Å². The third-order valence-corrected chi connectivity index (χ3v) is 4.04. The van der Waals surface area contributed by atoms with Crippen molar-refractivity contribution in [2.45, 2.75) is 32.9 Å². The number of fused-ring (bicyclic) bond motifs is 1. The zero-order valence-electron chi connectivity index (χ0n) is 14.1. The number of aryl methyl sites for hydroxylation is 2. The molecule has 0 unspecified atom stereocenters. The van der Waals surface area contributed by atoms with Crippen LogP contribution in [0.1, 0.15) is 26.3 Å². The molecule has 0 radical (unpaired) electrons. The van der Waals surface area contributed by atoms with Gasteiger partial charge in [0, 0.05) is 32.1 Å². The van der Waals surface area contributed by atoms with E-state index >= 15 is 0 Å². The molecule has 0 aliphatic carbocycles. The van der Waals surface area contributed by atoms with Crippen molar-refractivity contribution in [2.24, 2.45) is 7.05 Å². The van der Waals surface area contributed by atoms with Gasteiger partial charge in [-0.1, -0.05) is 12.1 Å². The monoisotopic (exact) mass is 327 g/mol. The standard InChI is InChI=1S/C17H21N5O2/c1-12(2)22-15(8-10-18-22)19-16(23)9-11-21-14-7-5-4-6-13(14)20(3)17(21)24/h4-8,10,12H,9,11H2,1-3H3,(H,19,23). The summed E-state index contributed by atoms with van der Waals surface area (Å²) in [6, 6.07) is 9.50. The minimum Gasteiger partial charge on any atom is -0.311 e. The van der Waals surface area contributed by atoms with E-state index in [0.717, 1.165) is 11.0 Å². The van der Waals surface area contributed by atoms with Crippen molar-refractivity contribution in [1.29, 1.82) is 0 Å². The molecule has 1 N–H and O–H groups in total. The lowest BCUT2D eigenvalue weighted by Crippen LogP contribution is -2.25.